The predicted molar refractivity (Wildman–Crippen MR) is 87.9 cm³/mol. The zero-order valence-electron chi connectivity index (χ0n) is 13.0. The highest BCUT2D eigenvalue weighted by Crippen LogP contribution is 2.28. The van der Waals surface area contributed by atoms with Crippen molar-refractivity contribution in [3.8, 4) is 0 Å². The number of carbonyl (C=O) groups excluding carboxylic acids is 2. The van der Waals surface area contributed by atoms with Crippen LogP contribution in [0.15, 0.2) is 59.7 Å². The van der Waals surface area contributed by atoms with E-state index in [2.05, 4.69) is 10.4 Å². The molecule has 1 aliphatic rings. The topological polar surface area (TPSA) is 61.8 Å². The van der Waals surface area contributed by atoms with Gasteiger partial charge in [-0.05, 0) is 25.0 Å². The average Bonchev–Trinajstić information content (AvgIpc) is 2.77. The molecule has 2 aromatic rings. The molecule has 0 bridgehead atoms. The minimum Gasteiger partial charge on any atom is -0.318 e. The molecule has 0 aromatic heterocycles. The van der Waals surface area contributed by atoms with Gasteiger partial charge in [0.25, 0.3) is 5.91 Å². The first-order chi connectivity index (χ1) is 11.0. The molecule has 1 fully saturated rings. The number of rotatable bonds is 3. The third-order valence-corrected chi connectivity index (χ3v) is 3.88. The first-order valence-electron chi connectivity index (χ1n) is 7.33. The number of imide groups is 1. The van der Waals surface area contributed by atoms with Crippen LogP contribution >= 0.6 is 0 Å². The summed E-state index contributed by atoms with van der Waals surface area (Å²) < 4.78 is 0. The van der Waals surface area contributed by atoms with Crippen molar-refractivity contribution >= 4 is 18.2 Å². The van der Waals surface area contributed by atoms with Crippen molar-refractivity contribution in [2.45, 2.75) is 19.4 Å². The summed E-state index contributed by atoms with van der Waals surface area (Å²) in [5.74, 6) is -0.391. The molecule has 116 valence electrons. The van der Waals surface area contributed by atoms with E-state index in [-0.39, 0.29) is 0 Å². The molecule has 1 N–H and O–H groups in total. The Bertz CT molecular complexity index is 786. The van der Waals surface area contributed by atoms with E-state index in [1.165, 1.54) is 6.21 Å². The molecule has 2 aromatic carbocycles. The molecule has 1 heterocycles. The van der Waals surface area contributed by atoms with Gasteiger partial charge in [0.05, 0.1) is 6.21 Å². The quantitative estimate of drug-likeness (QED) is 0.700. The molecule has 23 heavy (non-hydrogen) atoms. The largest absolute Gasteiger partial charge is 0.346 e. The van der Waals surface area contributed by atoms with Crippen LogP contribution in [0.2, 0.25) is 0 Å². The van der Waals surface area contributed by atoms with Gasteiger partial charge in [-0.15, -0.1) is 5.01 Å². The number of benzene rings is 2. The van der Waals surface area contributed by atoms with Crippen LogP contribution in [0.25, 0.3) is 0 Å². The lowest BCUT2D eigenvalue weighted by Gasteiger charge is -2.20. The summed E-state index contributed by atoms with van der Waals surface area (Å²) in [6, 6.07) is 16.3. The van der Waals surface area contributed by atoms with Gasteiger partial charge in [-0.2, -0.15) is 5.10 Å². The van der Waals surface area contributed by atoms with E-state index in [0.717, 1.165) is 21.7 Å². The van der Waals surface area contributed by atoms with Crippen LogP contribution in [0, 0.1) is 6.92 Å². The second-order valence-electron chi connectivity index (χ2n) is 5.70. The smallest absolute Gasteiger partial charge is 0.318 e. The molecule has 0 aliphatic carbocycles. The molecule has 3 amide bonds. The highest BCUT2D eigenvalue weighted by Gasteiger charge is 2.49. The summed E-state index contributed by atoms with van der Waals surface area (Å²) in [4.78, 5) is 24.8. The van der Waals surface area contributed by atoms with Crippen LogP contribution in [0.4, 0.5) is 4.79 Å². The highest BCUT2D eigenvalue weighted by molar-refractivity contribution is 6.07. The number of hydrogen-bond donors (Lipinski definition) is 1. The average molecular weight is 307 g/mol. The van der Waals surface area contributed by atoms with Gasteiger partial charge in [0.2, 0.25) is 0 Å². The molecule has 3 rings (SSSR count). The van der Waals surface area contributed by atoms with E-state index in [9.17, 15) is 9.59 Å². The normalized spacial score (nSPS) is 21.0. The Morgan fingerprint density at radius 1 is 1.09 bits per heavy atom. The van der Waals surface area contributed by atoms with Crippen LogP contribution in [0.1, 0.15) is 23.6 Å². The van der Waals surface area contributed by atoms with Gasteiger partial charge in [-0.25, -0.2) is 4.79 Å². The standard InChI is InChI=1S/C18H17N3O2/c1-13-7-6-8-14(11-13)12-19-21-16(22)18(2,20-17(21)23)15-9-4-3-5-10-15/h3-12H,1-2H3,(H,20,23)/b19-12-/t18-/m1/s1. The van der Waals surface area contributed by atoms with Crippen LogP contribution in [-0.2, 0) is 10.3 Å². The second kappa shape index (κ2) is 5.68. The highest BCUT2D eigenvalue weighted by atomic mass is 16.2. The van der Waals surface area contributed by atoms with Crippen molar-refractivity contribution in [1.82, 2.24) is 10.3 Å². The number of urea groups is 1. The number of amides is 3. The molecular weight excluding hydrogens is 290 g/mol. The van der Waals surface area contributed by atoms with Crippen molar-refractivity contribution in [3.05, 3.63) is 71.3 Å². The predicted octanol–water partition coefficient (Wildman–Crippen LogP) is 2.80. The van der Waals surface area contributed by atoms with E-state index in [4.69, 9.17) is 0 Å². The van der Waals surface area contributed by atoms with Gasteiger partial charge in [0, 0.05) is 0 Å². The zero-order valence-corrected chi connectivity index (χ0v) is 13.0. The van der Waals surface area contributed by atoms with Crippen LogP contribution in [0.5, 0.6) is 0 Å². The summed E-state index contributed by atoms with van der Waals surface area (Å²) >= 11 is 0. The molecule has 1 saturated heterocycles. The van der Waals surface area contributed by atoms with E-state index < -0.39 is 17.5 Å². The SMILES string of the molecule is Cc1cccc(/C=N\N2C(=O)N[C@](C)(c3ccccc3)C2=O)c1. The van der Waals surface area contributed by atoms with Gasteiger partial charge in [0.1, 0.15) is 5.54 Å². The van der Waals surface area contributed by atoms with Crippen molar-refractivity contribution in [2.75, 3.05) is 0 Å². The van der Waals surface area contributed by atoms with E-state index in [1.54, 1.807) is 6.92 Å². The fourth-order valence-electron chi connectivity index (χ4n) is 2.57. The Balaban J connectivity index is 1.87. The first kappa shape index (κ1) is 15.0. The fraction of sp³-hybridized carbons (Fsp3) is 0.167. The van der Waals surface area contributed by atoms with Crippen molar-refractivity contribution in [2.24, 2.45) is 5.10 Å². The number of hydrazone groups is 1. The van der Waals surface area contributed by atoms with E-state index >= 15 is 0 Å². The Morgan fingerprint density at radius 3 is 2.52 bits per heavy atom. The van der Waals surface area contributed by atoms with Crippen LogP contribution in [-0.4, -0.2) is 23.2 Å². The molecule has 0 saturated carbocycles. The van der Waals surface area contributed by atoms with E-state index in [1.807, 2.05) is 61.5 Å². The third kappa shape index (κ3) is 2.73. The van der Waals surface area contributed by atoms with Crippen molar-refractivity contribution in [1.29, 1.82) is 0 Å². The number of nitrogens with one attached hydrogen (secondary N) is 1. The maximum Gasteiger partial charge on any atom is 0.346 e. The number of carbonyl (C=O) groups is 2. The number of hydrogen-bond acceptors (Lipinski definition) is 3. The van der Waals surface area contributed by atoms with Crippen molar-refractivity contribution in [3.63, 3.8) is 0 Å². The summed E-state index contributed by atoms with van der Waals surface area (Å²) in [6.45, 7) is 3.66. The zero-order chi connectivity index (χ0) is 16.4. The van der Waals surface area contributed by atoms with Crippen molar-refractivity contribution < 1.29 is 9.59 Å². The maximum atomic E-state index is 12.7. The molecular formula is C18H17N3O2. The molecule has 1 aliphatic heterocycles. The maximum absolute atomic E-state index is 12.7. The Labute approximate surface area is 134 Å². The van der Waals surface area contributed by atoms with E-state index in [0.29, 0.717) is 0 Å². The first-order valence-corrected chi connectivity index (χ1v) is 7.33. The fourth-order valence-corrected chi connectivity index (χ4v) is 2.57. The van der Waals surface area contributed by atoms with Gasteiger partial charge in [-0.1, -0.05) is 60.2 Å². The molecule has 1 atom stereocenters. The Hall–Kier alpha value is -2.95. The third-order valence-electron chi connectivity index (χ3n) is 3.88. The Morgan fingerprint density at radius 2 is 1.83 bits per heavy atom. The van der Waals surface area contributed by atoms with Gasteiger partial charge < -0.3 is 5.32 Å². The van der Waals surface area contributed by atoms with Crippen LogP contribution < -0.4 is 5.32 Å². The molecule has 0 radical (unpaired) electrons. The number of nitrogens with zero attached hydrogens (tertiary/aromatic N) is 2. The lowest BCUT2D eigenvalue weighted by Crippen LogP contribution is -2.40. The Kier molecular flexibility index (Phi) is 3.70. The lowest BCUT2D eigenvalue weighted by molar-refractivity contribution is -0.131. The summed E-state index contributed by atoms with van der Waals surface area (Å²) in [5.41, 5.74) is 1.55. The summed E-state index contributed by atoms with van der Waals surface area (Å²) in [5, 5.41) is 7.67. The minimum atomic E-state index is -1.09. The summed E-state index contributed by atoms with van der Waals surface area (Å²) in [7, 11) is 0. The van der Waals surface area contributed by atoms with Gasteiger partial charge >= 0.3 is 6.03 Å². The number of aryl methyl sites for hydroxylation is 1. The lowest BCUT2D eigenvalue weighted by atomic mass is 9.92. The van der Waals surface area contributed by atoms with Crippen LogP contribution in [0.3, 0.4) is 0 Å². The molecule has 5 nitrogen and oxygen atoms in total. The monoisotopic (exact) mass is 307 g/mol. The van der Waals surface area contributed by atoms with Gasteiger partial charge in [0.15, 0.2) is 0 Å². The molecule has 0 unspecified atom stereocenters. The summed E-state index contributed by atoms with van der Waals surface area (Å²) in [6.07, 6.45) is 1.52. The molecule has 5 heteroatoms. The second-order valence-corrected chi connectivity index (χ2v) is 5.70. The minimum absolute atomic E-state index is 0.391. The molecule has 0 spiro atoms. The van der Waals surface area contributed by atoms with Gasteiger partial charge in [-0.3, -0.25) is 4.79 Å².